The number of benzene rings is 6. The second-order valence-electron chi connectivity index (χ2n) is 12.7. The first-order valence-electron chi connectivity index (χ1n) is 16.6. The van der Waals surface area contributed by atoms with E-state index in [9.17, 15) is 19.8 Å². The van der Waals surface area contributed by atoms with Gasteiger partial charge in [0.25, 0.3) is 0 Å². The summed E-state index contributed by atoms with van der Waals surface area (Å²) in [5.74, 6) is -0.310. The van der Waals surface area contributed by atoms with Gasteiger partial charge in [0.1, 0.15) is 11.5 Å². The van der Waals surface area contributed by atoms with Gasteiger partial charge in [-0.3, -0.25) is 0 Å². The number of carbonyl (C=O) groups excluding carboxylic acids is 2. The SMILES string of the molecule is O=C(NCCC[PH](c1ccccc1)(c1ccccc1)c1ccccc1)c1ccc2c(c1)C1(OC2=O)c2ccc(O)cc2Oc2cc(O)ccc21. The number of hydrogen-bond acceptors (Lipinski definition) is 6. The first-order valence-corrected chi connectivity index (χ1v) is 18.8. The number of rotatable bonds is 8. The topological polar surface area (TPSA) is 105 Å². The summed E-state index contributed by atoms with van der Waals surface area (Å²) < 4.78 is 12.2. The minimum absolute atomic E-state index is 0.0287. The molecule has 0 saturated carbocycles. The Labute approximate surface area is 290 Å². The summed E-state index contributed by atoms with van der Waals surface area (Å²) in [7, 11) is -2.45. The fourth-order valence-corrected chi connectivity index (χ4v) is 12.5. The van der Waals surface area contributed by atoms with Gasteiger partial charge >= 0.3 is 269 Å². The molecule has 7 nitrogen and oxygen atoms in total. The number of esters is 1. The zero-order valence-electron chi connectivity index (χ0n) is 27.0. The molecule has 3 N–H and O–H groups in total. The van der Waals surface area contributed by atoms with E-state index in [1.54, 1.807) is 30.3 Å². The van der Waals surface area contributed by atoms with Crippen molar-refractivity contribution >= 4 is 35.1 Å². The predicted molar refractivity (Wildman–Crippen MR) is 196 cm³/mol. The third-order valence-corrected chi connectivity index (χ3v) is 14.9. The molecule has 0 aliphatic carbocycles. The van der Waals surface area contributed by atoms with Crippen LogP contribution in [0.5, 0.6) is 23.0 Å². The van der Waals surface area contributed by atoms with Crippen molar-refractivity contribution in [3.05, 3.63) is 173 Å². The fraction of sp³-hybridized carbons (Fsp3) is 0.0952. The second kappa shape index (κ2) is 12.5. The monoisotopic (exact) mass is 679 g/mol. The van der Waals surface area contributed by atoms with Gasteiger partial charge < -0.3 is 10.2 Å². The number of phenolic OH excluding ortho intramolecular Hbond substituents is 2. The Morgan fingerprint density at radius 2 is 1.16 bits per heavy atom. The van der Waals surface area contributed by atoms with Crippen LogP contribution in [0.3, 0.4) is 0 Å². The van der Waals surface area contributed by atoms with E-state index in [-0.39, 0.29) is 28.9 Å². The van der Waals surface area contributed by atoms with Gasteiger partial charge in [-0.25, -0.2) is 0 Å². The summed E-state index contributed by atoms with van der Waals surface area (Å²) in [5.41, 5.74) is 0.752. The van der Waals surface area contributed by atoms with E-state index in [0.29, 0.717) is 34.4 Å². The van der Waals surface area contributed by atoms with Crippen LogP contribution in [0, 0.1) is 0 Å². The standard InChI is InChI=1S/C42H34NO6P/c44-29-18-21-35-38(26-29)48-39-27-30(45)19-22-36(39)42(35)37-25-28(17-20-34(37)41(47)49-42)40(46)43-23-10-24-50(31-11-4-1-5-12-31,32-13-6-2-7-14-32)33-15-8-3-9-16-33/h1-9,11-22,25-27,44-45,50H,10,23-24H2,(H,43,46). The molecule has 0 bridgehead atoms. The average molecular weight is 680 g/mol. The summed E-state index contributed by atoms with van der Waals surface area (Å²) in [5, 5.41) is 27.6. The number of ether oxygens (including phenoxy) is 2. The van der Waals surface area contributed by atoms with Crippen molar-refractivity contribution in [2.75, 3.05) is 12.7 Å². The van der Waals surface area contributed by atoms with Gasteiger partial charge in [-0.1, -0.05) is 0 Å². The zero-order chi connectivity index (χ0) is 34.3. The molecule has 248 valence electrons. The van der Waals surface area contributed by atoms with Crippen LogP contribution in [-0.2, 0) is 10.3 Å². The number of fused-ring (bicyclic) bond motifs is 6. The summed E-state index contributed by atoms with van der Waals surface area (Å²) in [4.78, 5) is 27.2. The number of phenols is 2. The summed E-state index contributed by atoms with van der Waals surface area (Å²) in [6, 6.07) is 46.2. The molecule has 1 spiro atoms. The molecular formula is C42H34NO6P. The Kier molecular flexibility index (Phi) is 7.85. The quantitative estimate of drug-likeness (QED) is 0.0963. The molecule has 0 unspecified atom stereocenters. The number of amides is 1. The van der Waals surface area contributed by atoms with Crippen LogP contribution < -0.4 is 26.0 Å². The van der Waals surface area contributed by atoms with Gasteiger partial charge in [-0.15, -0.1) is 0 Å². The van der Waals surface area contributed by atoms with Crippen molar-refractivity contribution in [2.24, 2.45) is 0 Å². The van der Waals surface area contributed by atoms with E-state index < -0.39 is 18.8 Å². The molecule has 2 heterocycles. The molecular weight excluding hydrogens is 645 g/mol. The first-order chi connectivity index (χ1) is 24.4. The Hall–Kier alpha value is -5.91. The number of hydrogen-bond donors (Lipinski definition) is 3. The van der Waals surface area contributed by atoms with Crippen LogP contribution in [0.15, 0.2) is 146 Å². The van der Waals surface area contributed by atoms with E-state index >= 15 is 0 Å². The van der Waals surface area contributed by atoms with Crippen molar-refractivity contribution in [1.82, 2.24) is 5.32 Å². The second-order valence-corrected chi connectivity index (χ2v) is 16.7. The van der Waals surface area contributed by atoms with E-state index in [4.69, 9.17) is 9.47 Å². The van der Waals surface area contributed by atoms with Crippen molar-refractivity contribution in [1.29, 1.82) is 0 Å². The zero-order valence-corrected chi connectivity index (χ0v) is 28.0. The molecule has 0 aromatic heterocycles. The first kappa shape index (κ1) is 31.4. The van der Waals surface area contributed by atoms with Crippen LogP contribution in [0.2, 0.25) is 0 Å². The molecule has 2 aliphatic heterocycles. The molecule has 0 fully saturated rings. The van der Waals surface area contributed by atoms with Gasteiger partial charge in [0.05, 0.1) is 0 Å². The van der Waals surface area contributed by atoms with Crippen molar-refractivity contribution < 1.29 is 29.3 Å². The van der Waals surface area contributed by atoms with Gasteiger partial charge in [-0.05, 0) is 0 Å². The van der Waals surface area contributed by atoms with Crippen molar-refractivity contribution in [3.63, 3.8) is 0 Å². The minimum atomic E-state index is -2.45. The Bertz CT molecular complexity index is 2090. The molecule has 8 heteroatoms. The number of nitrogens with one attached hydrogen (secondary N) is 1. The van der Waals surface area contributed by atoms with Gasteiger partial charge in [0.2, 0.25) is 0 Å². The molecule has 0 radical (unpaired) electrons. The van der Waals surface area contributed by atoms with Crippen LogP contribution in [0.4, 0.5) is 0 Å². The third-order valence-electron chi connectivity index (χ3n) is 9.85. The van der Waals surface area contributed by atoms with E-state index in [1.807, 2.05) is 18.2 Å². The number of aromatic hydroxyl groups is 2. The Morgan fingerprint density at radius 1 is 0.640 bits per heavy atom. The van der Waals surface area contributed by atoms with Crippen molar-refractivity contribution in [3.8, 4) is 23.0 Å². The van der Waals surface area contributed by atoms with Crippen LogP contribution in [0.1, 0.15) is 43.8 Å². The molecule has 50 heavy (non-hydrogen) atoms. The van der Waals surface area contributed by atoms with Gasteiger partial charge in [-0.2, -0.15) is 0 Å². The summed E-state index contributed by atoms with van der Waals surface area (Å²) in [6.07, 6.45) is 1.63. The maximum atomic E-state index is 13.8. The summed E-state index contributed by atoms with van der Waals surface area (Å²) in [6.45, 7) is 0.454. The molecule has 0 saturated heterocycles. The van der Waals surface area contributed by atoms with Gasteiger partial charge in [0, 0.05) is 0 Å². The average Bonchev–Trinajstić information content (AvgIpc) is 3.43. The van der Waals surface area contributed by atoms with Crippen molar-refractivity contribution in [2.45, 2.75) is 12.0 Å². The third kappa shape index (κ3) is 5.10. The molecule has 2 aliphatic rings. The van der Waals surface area contributed by atoms with E-state index in [2.05, 4.69) is 78.1 Å². The molecule has 1 amide bonds. The molecule has 6 aromatic carbocycles. The predicted octanol–water partition coefficient (Wildman–Crippen LogP) is 6.51. The maximum absolute atomic E-state index is 13.8. The fourth-order valence-electron chi connectivity index (χ4n) is 7.60. The molecule has 0 atom stereocenters. The summed E-state index contributed by atoms with van der Waals surface area (Å²) >= 11 is 0. The van der Waals surface area contributed by atoms with E-state index in [0.717, 1.165) is 12.6 Å². The van der Waals surface area contributed by atoms with Crippen LogP contribution >= 0.6 is 7.26 Å². The van der Waals surface area contributed by atoms with Gasteiger partial charge in [0.15, 0.2) is 0 Å². The number of carbonyl (C=O) groups is 2. The van der Waals surface area contributed by atoms with Crippen LogP contribution in [0.25, 0.3) is 0 Å². The molecule has 8 rings (SSSR count). The van der Waals surface area contributed by atoms with Crippen LogP contribution in [-0.4, -0.2) is 34.8 Å². The Balaban J connectivity index is 1.10. The molecule has 6 aromatic rings. The normalized spacial score (nSPS) is 14.1. The Morgan fingerprint density at radius 3 is 1.68 bits per heavy atom. The van der Waals surface area contributed by atoms with E-state index in [1.165, 1.54) is 40.2 Å².